The molecule has 0 aliphatic carbocycles. The van der Waals surface area contributed by atoms with E-state index in [0.717, 1.165) is 6.54 Å². The maximum Gasteiger partial charge on any atom is 0.0305 e. The molecule has 1 aromatic heterocycles. The molecule has 0 saturated heterocycles. The second-order valence-electron chi connectivity index (χ2n) is 5.40. The Labute approximate surface area is 120 Å². The lowest BCUT2D eigenvalue weighted by atomic mass is 10.0. The van der Waals surface area contributed by atoms with Gasteiger partial charge in [-0.25, -0.2) is 0 Å². The minimum atomic E-state index is 0.391. The van der Waals surface area contributed by atoms with Gasteiger partial charge in [-0.05, 0) is 62.9 Å². The van der Waals surface area contributed by atoms with Gasteiger partial charge in [0.2, 0.25) is 0 Å². The predicted octanol–water partition coefficient (Wildman–Crippen LogP) is 4.83. The molecule has 1 unspecified atom stereocenters. The number of thiophene rings is 1. The molecule has 1 nitrogen and oxygen atoms in total. The van der Waals surface area contributed by atoms with Crippen molar-refractivity contribution in [1.29, 1.82) is 0 Å². The standard InChI is InChI=1S/C17H23NS/c1-11-6-7-16(8-12(11)2)14(4)18-10-17-9-13(3)15(5)19-17/h6-9,14,18H,10H2,1-5H3. The first kappa shape index (κ1) is 14.3. The Hall–Kier alpha value is -1.12. The van der Waals surface area contributed by atoms with Gasteiger partial charge in [0.25, 0.3) is 0 Å². The number of aryl methyl sites for hydroxylation is 4. The first-order chi connectivity index (χ1) is 8.97. The van der Waals surface area contributed by atoms with Gasteiger partial charge in [-0.15, -0.1) is 11.3 Å². The normalized spacial score (nSPS) is 12.7. The summed E-state index contributed by atoms with van der Waals surface area (Å²) in [7, 11) is 0. The third-order valence-corrected chi connectivity index (χ3v) is 4.98. The van der Waals surface area contributed by atoms with Crippen molar-refractivity contribution in [2.45, 2.75) is 47.2 Å². The van der Waals surface area contributed by atoms with Crippen LogP contribution in [0.25, 0.3) is 0 Å². The van der Waals surface area contributed by atoms with Crippen LogP contribution in [0.5, 0.6) is 0 Å². The van der Waals surface area contributed by atoms with E-state index in [9.17, 15) is 0 Å². The van der Waals surface area contributed by atoms with Crippen molar-refractivity contribution < 1.29 is 0 Å². The van der Waals surface area contributed by atoms with Crippen LogP contribution in [0, 0.1) is 27.7 Å². The molecule has 0 aliphatic heterocycles. The Balaban J connectivity index is 2.00. The fourth-order valence-electron chi connectivity index (χ4n) is 2.14. The van der Waals surface area contributed by atoms with E-state index in [0.29, 0.717) is 6.04 Å². The van der Waals surface area contributed by atoms with E-state index in [1.807, 2.05) is 11.3 Å². The topological polar surface area (TPSA) is 12.0 Å². The van der Waals surface area contributed by atoms with Crippen molar-refractivity contribution in [3.05, 3.63) is 56.3 Å². The molecule has 1 N–H and O–H groups in total. The lowest BCUT2D eigenvalue weighted by Crippen LogP contribution is -2.17. The summed E-state index contributed by atoms with van der Waals surface area (Å²) in [5.74, 6) is 0. The number of hydrogen-bond acceptors (Lipinski definition) is 2. The van der Waals surface area contributed by atoms with E-state index >= 15 is 0 Å². The fraction of sp³-hybridized carbons (Fsp3) is 0.412. The van der Waals surface area contributed by atoms with Crippen LogP contribution in [-0.2, 0) is 6.54 Å². The molecule has 0 spiro atoms. The van der Waals surface area contributed by atoms with Gasteiger partial charge in [0, 0.05) is 22.3 Å². The summed E-state index contributed by atoms with van der Waals surface area (Å²) in [6, 6.07) is 9.41. The fourth-order valence-corrected chi connectivity index (χ4v) is 3.15. The predicted molar refractivity (Wildman–Crippen MR) is 85.0 cm³/mol. The SMILES string of the molecule is Cc1ccc(C(C)NCc2cc(C)c(C)s2)cc1C. The Morgan fingerprint density at radius 2 is 1.74 bits per heavy atom. The third kappa shape index (κ3) is 3.46. The maximum absolute atomic E-state index is 3.61. The lowest BCUT2D eigenvalue weighted by Gasteiger charge is -2.15. The van der Waals surface area contributed by atoms with E-state index in [-0.39, 0.29) is 0 Å². The second kappa shape index (κ2) is 5.89. The maximum atomic E-state index is 3.61. The molecular formula is C17H23NS. The van der Waals surface area contributed by atoms with E-state index in [2.05, 4.69) is 64.2 Å². The van der Waals surface area contributed by atoms with Gasteiger partial charge < -0.3 is 5.32 Å². The van der Waals surface area contributed by atoms with E-state index in [1.54, 1.807) is 0 Å². The van der Waals surface area contributed by atoms with Gasteiger partial charge in [-0.3, -0.25) is 0 Å². The number of benzene rings is 1. The van der Waals surface area contributed by atoms with Gasteiger partial charge in [0.15, 0.2) is 0 Å². The molecule has 2 aromatic rings. The molecule has 0 aliphatic rings. The molecular weight excluding hydrogens is 250 g/mol. The zero-order valence-electron chi connectivity index (χ0n) is 12.5. The number of nitrogens with one attached hydrogen (secondary N) is 1. The second-order valence-corrected chi connectivity index (χ2v) is 6.74. The average Bonchev–Trinajstić information content (AvgIpc) is 2.69. The quantitative estimate of drug-likeness (QED) is 0.841. The Morgan fingerprint density at radius 3 is 2.32 bits per heavy atom. The smallest absolute Gasteiger partial charge is 0.0305 e. The molecule has 0 amide bonds. The van der Waals surface area contributed by atoms with Crippen LogP contribution >= 0.6 is 11.3 Å². The van der Waals surface area contributed by atoms with Gasteiger partial charge in [-0.1, -0.05) is 18.2 Å². The van der Waals surface area contributed by atoms with Crippen LogP contribution in [0.15, 0.2) is 24.3 Å². The highest BCUT2D eigenvalue weighted by Crippen LogP contribution is 2.22. The molecule has 0 radical (unpaired) electrons. The van der Waals surface area contributed by atoms with Crippen LogP contribution in [0.1, 0.15) is 45.0 Å². The molecule has 2 heteroatoms. The zero-order chi connectivity index (χ0) is 14.0. The van der Waals surface area contributed by atoms with Gasteiger partial charge in [0.05, 0.1) is 0 Å². The minimum absolute atomic E-state index is 0.391. The number of rotatable bonds is 4. The first-order valence-corrected chi connectivity index (χ1v) is 7.65. The van der Waals surface area contributed by atoms with E-state index in [1.165, 1.54) is 32.0 Å². The molecule has 2 rings (SSSR count). The molecule has 19 heavy (non-hydrogen) atoms. The Kier molecular flexibility index (Phi) is 4.43. The van der Waals surface area contributed by atoms with Crippen molar-refractivity contribution >= 4 is 11.3 Å². The first-order valence-electron chi connectivity index (χ1n) is 6.84. The van der Waals surface area contributed by atoms with Crippen molar-refractivity contribution in [2.75, 3.05) is 0 Å². The van der Waals surface area contributed by atoms with Crippen molar-refractivity contribution in [2.24, 2.45) is 0 Å². The summed E-state index contributed by atoms with van der Waals surface area (Å²) >= 11 is 1.89. The van der Waals surface area contributed by atoms with Crippen molar-refractivity contribution in [3.63, 3.8) is 0 Å². The lowest BCUT2D eigenvalue weighted by molar-refractivity contribution is 0.578. The molecule has 102 valence electrons. The largest absolute Gasteiger partial charge is 0.305 e. The zero-order valence-corrected chi connectivity index (χ0v) is 13.3. The summed E-state index contributed by atoms with van der Waals surface area (Å²) in [5.41, 5.74) is 5.50. The van der Waals surface area contributed by atoms with Crippen molar-refractivity contribution in [1.82, 2.24) is 5.32 Å². The van der Waals surface area contributed by atoms with Gasteiger partial charge in [-0.2, -0.15) is 0 Å². The highest BCUT2D eigenvalue weighted by Gasteiger charge is 2.07. The molecule has 0 fully saturated rings. The summed E-state index contributed by atoms with van der Waals surface area (Å²) in [6.07, 6.45) is 0. The highest BCUT2D eigenvalue weighted by atomic mass is 32.1. The van der Waals surface area contributed by atoms with Crippen LogP contribution < -0.4 is 5.32 Å². The average molecular weight is 273 g/mol. The Bertz CT molecular complexity index is 549. The van der Waals surface area contributed by atoms with Crippen LogP contribution in [0.2, 0.25) is 0 Å². The van der Waals surface area contributed by atoms with Gasteiger partial charge in [0.1, 0.15) is 0 Å². The highest BCUT2D eigenvalue weighted by molar-refractivity contribution is 7.12. The minimum Gasteiger partial charge on any atom is -0.305 e. The van der Waals surface area contributed by atoms with Crippen LogP contribution in [0.3, 0.4) is 0 Å². The van der Waals surface area contributed by atoms with E-state index in [4.69, 9.17) is 0 Å². The molecule has 1 heterocycles. The van der Waals surface area contributed by atoms with E-state index < -0.39 is 0 Å². The summed E-state index contributed by atoms with van der Waals surface area (Å²) in [5, 5.41) is 3.61. The van der Waals surface area contributed by atoms with Crippen molar-refractivity contribution in [3.8, 4) is 0 Å². The molecule has 1 atom stereocenters. The number of hydrogen-bond donors (Lipinski definition) is 1. The van der Waals surface area contributed by atoms with Crippen LogP contribution in [-0.4, -0.2) is 0 Å². The molecule has 0 saturated carbocycles. The third-order valence-electron chi connectivity index (χ3n) is 3.83. The molecule has 0 bridgehead atoms. The summed E-state index contributed by atoms with van der Waals surface area (Å²) in [6.45, 7) is 11.9. The van der Waals surface area contributed by atoms with Crippen LogP contribution in [0.4, 0.5) is 0 Å². The monoisotopic (exact) mass is 273 g/mol. The summed E-state index contributed by atoms with van der Waals surface area (Å²) < 4.78 is 0. The molecule has 1 aromatic carbocycles. The Morgan fingerprint density at radius 1 is 1.00 bits per heavy atom. The van der Waals surface area contributed by atoms with Gasteiger partial charge >= 0.3 is 0 Å². The summed E-state index contributed by atoms with van der Waals surface area (Å²) in [4.78, 5) is 2.85.